The average molecular weight is 257 g/mol. The van der Waals surface area contributed by atoms with Crippen LogP contribution in [0.15, 0.2) is 0 Å². The van der Waals surface area contributed by atoms with Crippen LogP contribution < -0.4 is 5.32 Å². The maximum absolute atomic E-state index is 5.02. The monoisotopic (exact) mass is 257 g/mol. The minimum absolute atomic E-state index is 0.860. The Morgan fingerprint density at radius 2 is 2.00 bits per heavy atom. The second-order valence-corrected chi connectivity index (χ2v) is 5.61. The van der Waals surface area contributed by atoms with Gasteiger partial charge in [0.15, 0.2) is 0 Å². The van der Waals surface area contributed by atoms with E-state index in [2.05, 4.69) is 29.2 Å². The summed E-state index contributed by atoms with van der Waals surface area (Å²) < 4.78 is 5.02. The second-order valence-electron chi connectivity index (χ2n) is 5.61. The first-order valence-corrected chi connectivity index (χ1v) is 7.29. The molecule has 4 nitrogen and oxygen atoms in total. The van der Waals surface area contributed by atoms with E-state index in [0.29, 0.717) is 0 Å². The van der Waals surface area contributed by atoms with Crippen LogP contribution in [0.4, 0.5) is 0 Å². The van der Waals surface area contributed by atoms with Gasteiger partial charge >= 0.3 is 0 Å². The van der Waals surface area contributed by atoms with Crippen molar-refractivity contribution in [1.82, 2.24) is 15.1 Å². The van der Waals surface area contributed by atoms with E-state index in [1.54, 1.807) is 7.11 Å². The zero-order chi connectivity index (χ0) is 13.2. The number of nitrogens with zero attached hydrogens (tertiary/aromatic N) is 2. The third kappa shape index (κ3) is 7.31. The highest BCUT2D eigenvalue weighted by Gasteiger charge is 2.17. The standard InChI is InChI=1S/C14H31N3O/c1-16-9-5-14(6-10-16)13-17(2)11-8-15-7-4-12-18-3/h14-15H,4-13H2,1-3H3. The van der Waals surface area contributed by atoms with Crippen molar-refractivity contribution in [2.24, 2.45) is 5.92 Å². The summed E-state index contributed by atoms with van der Waals surface area (Å²) in [6, 6.07) is 0. The fourth-order valence-electron chi connectivity index (χ4n) is 2.51. The van der Waals surface area contributed by atoms with E-state index in [0.717, 1.165) is 38.6 Å². The normalized spacial score (nSPS) is 18.7. The van der Waals surface area contributed by atoms with Crippen LogP contribution >= 0.6 is 0 Å². The lowest BCUT2D eigenvalue weighted by Crippen LogP contribution is -2.38. The first kappa shape index (κ1) is 15.9. The maximum Gasteiger partial charge on any atom is 0.0474 e. The van der Waals surface area contributed by atoms with Crippen molar-refractivity contribution in [3.8, 4) is 0 Å². The van der Waals surface area contributed by atoms with Crippen LogP contribution in [-0.4, -0.2) is 76.9 Å². The Kier molecular flexibility index (Phi) is 8.59. The predicted octanol–water partition coefficient (Wildman–Crippen LogP) is 0.886. The van der Waals surface area contributed by atoms with E-state index >= 15 is 0 Å². The molecule has 0 amide bonds. The van der Waals surface area contributed by atoms with Gasteiger partial charge < -0.3 is 19.9 Å². The molecule has 0 saturated carbocycles. The Balaban J connectivity index is 1.95. The number of nitrogens with one attached hydrogen (secondary N) is 1. The number of piperidine rings is 1. The number of likely N-dealkylation sites (tertiary alicyclic amines) is 1. The first-order valence-electron chi connectivity index (χ1n) is 7.29. The van der Waals surface area contributed by atoms with Crippen molar-refractivity contribution in [3.05, 3.63) is 0 Å². The fourth-order valence-corrected chi connectivity index (χ4v) is 2.51. The van der Waals surface area contributed by atoms with Crippen molar-refractivity contribution in [3.63, 3.8) is 0 Å². The molecule has 108 valence electrons. The zero-order valence-electron chi connectivity index (χ0n) is 12.5. The van der Waals surface area contributed by atoms with E-state index in [-0.39, 0.29) is 0 Å². The van der Waals surface area contributed by atoms with Gasteiger partial charge in [0.1, 0.15) is 0 Å². The van der Waals surface area contributed by atoms with Crippen molar-refractivity contribution >= 4 is 0 Å². The molecule has 0 aromatic rings. The van der Waals surface area contributed by atoms with Crippen LogP contribution in [0.5, 0.6) is 0 Å². The minimum Gasteiger partial charge on any atom is -0.385 e. The van der Waals surface area contributed by atoms with Crippen LogP contribution in [0.25, 0.3) is 0 Å². The molecule has 0 spiro atoms. The van der Waals surface area contributed by atoms with Crippen LogP contribution in [0.2, 0.25) is 0 Å². The summed E-state index contributed by atoms with van der Waals surface area (Å²) in [6.45, 7) is 7.97. The third-order valence-corrected chi connectivity index (χ3v) is 3.78. The van der Waals surface area contributed by atoms with Crippen molar-refractivity contribution in [2.45, 2.75) is 19.3 Å². The molecule has 1 aliphatic rings. The van der Waals surface area contributed by atoms with Crippen LogP contribution in [0, 0.1) is 5.92 Å². The van der Waals surface area contributed by atoms with Gasteiger partial charge in [0.2, 0.25) is 0 Å². The molecule has 0 aromatic carbocycles. The molecular weight excluding hydrogens is 226 g/mol. The fraction of sp³-hybridized carbons (Fsp3) is 1.00. The zero-order valence-corrected chi connectivity index (χ0v) is 12.5. The molecule has 1 fully saturated rings. The number of methoxy groups -OCH3 is 1. The topological polar surface area (TPSA) is 27.7 Å². The largest absolute Gasteiger partial charge is 0.385 e. The number of ether oxygens (including phenoxy) is 1. The summed E-state index contributed by atoms with van der Waals surface area (Å²) >= 11 is 0. The van der Waals surface area contributed by atoms with E-state index in [1.165, 1.54) is 32.5 Å². The molecule has 1 saturated heterocycles. The summed E-state index contributed by atoms with van der Waals surface area (Å²) in [7, 11) is 6.23. The highest BCUT2D eigenvalue weighted by atomic mass is 16.5. The lowest BCUT2D eigenvalue weighted by molar-refractivity contribution is 0.175. The van der Waals surface area contributed by atoms with Gasteiger partial charge in [0, 0.05) is 33.4 Å². The van der Waals surface area contributed by atoms with Gasteiger partial charge in [-0.3, -0.25) is 0 Å². The van der Waals surface area contributed by atoms with Crippen molar-refractivity contribution < 1.29 is 4.74 Å². The molecule has 18 heavy (non-hydrogen) atoms. The first-order chi connectivity index (χ1) is 8.72. The minimum atomic E-state index is 0.860. The maximum atomic E-state index is 5.02. The van der Waals surface area contributed by atoms with Gasteiger partial charge in [-0.15, -0.1) is 0 Å². The molecule has 1 heterocycles. The summed E-state index contributed by atoms with van der Waals surface area (Å²) in [5, 5.41) is 3.47. The van der Waals surface area contributed by atoms with E-state index in [9.17, 15) is 0 Å². The molecule has 0 radical (unpaired) electrons. The number of rotatable bonds is 9. The average Bonchev–Trinajstić information content (AvgIpc) is 2.36. The molecule has 1 rings (SSSR count). The summed E-state index contributed by atoms with van der Waals surface area (Å²) in [5.74, 6) is 0.902. The molecular formula is C14H31N3O. The van der Waals surface area contributed by atoms with Crippen LogP contribution in [-0.2, 0) is 4.74 Å². The van der Waals surface area contributed by atoms with Gasteiger partial charge in [0.05, 0.1) is 0 Å². The number of hydrogen-bond acceptors (Lipinski definition) is 4. The molecule has 4 heteroatoms. The summed E-state index contributed by atoms with van der Waals surface area (Å²) in [4.78, 5) is 4.91. The van der Waals surface area contributed by atoms with Gasteiger partial charge in [-0.2, -0.15) is 0 Å². The molecule has 1 aliphatic heterocycles. The lowest BCUT2D eigenvalue weighted by atomic mass is 9.97. The van der Waals surface area contributed by atoms with E-state index in [1.807, 2.05) is 0 Å². The predicted molar refractivity (Wildman–Crippen MR) is 77.1 cm³/mol. The molecule has 1 N–H and O–H groups in total. The highest BCUT2D eigenvalue weighted by Crippen LogP contribution is 2.16. The molecule has 0 bridgehead atoms. The van der Waals surface area contributed by atoms with Gasteiger partial charge in [-0.1, -0.05) is 0 Å². The second kappa shape index (κ2) is 9.73. The quantitative estimate of drug-likeness (QED) is 0.621. The Morgan fingerprint density at radius 3 is 2.67 bits per heavy atom. The van der Waals surface area contributed by atoms with Crippen molar-refractivity contribution in [1.29, 1.82) is 0 Å². The highest BCUT2D eigenvalue weighted by molar-refractivity contribution is 4.72. The van der Waals surface area contributed by atoms with Crippen molar-refractivity contribution in [2.75, 3.05) is 67.1 Å². The molecule has 0 unspecified atom stereocenters. The summed E-state index contributed by atoms with van der Waals surface area (Å²) in [6.07, 6.45) is 3.83. The number of hydrogen-bond donors (Lipinski definition) is 1. The lowest BCUT2D eigenvalue weighted by Gasteiger charge is -2.31. The van der Waals surface area contributed by atoms with Crippen LogP contribution in [0.3, 0.4) is 0 Å². The SMILES string of the molecule is COCCCNCCN(C)CC1CCN(C)CC1. The van der Waals surface area contributed by atoms with Gasteiger partial charge in [0.25, 0.3) is 0 Å². The molecule has 0 aromatic heterocycles. The summed E-state index contributed by atoms with van der Waals surface area (Å²) in [5.41, 5.74) is 0. The van der Waals surface area contributed by atoms with Crippen LogP contribution in [0.1, 0.15) is 19.3 Å². The van der Waals surface area contributed by atoms with E-state index < -0.39 is 0 Å². The Hall–Kier alpha value is -0.160. The smallest absolute Gasteiger partial charge is 0.0474 e. The Morgan fingerprint density at radius 1 is 1.28 bits per heavy atom. The van der Waals surface area contributed by atoms with Gasteiger partial charge in [-0.05, 0) is 58.9 Å². The third-order valence-electron chi connectivity index (χ3n) is 3.78. The molecule has 0 aliphatic carbocycles. The van der Waals surface area contributed by atoms with E-state index in [4.69, 9.17) is 4.74 Å². The Labute approximate surface area is 113 Å². The number of likely N-dealkylation sites (N-methyl/N-ethyl adjacent to an activating group) is 1. The van der Waals surface area contributed by atoms with Gasteiger partial charge in [-0.25, -0.2) is 0 Å². The Bertz CT molecular complexity index is 193. The molecule has 0 atom stereocenters.